The Morgan fingerprint density at radius 2 is 1.80 bits per heavy atom. The summed E-state index contributed by atoms with van der Waals surface area (Å²) < 4.78 is 7.54. The molecule has 4 aromatic heterocycles. The van der Waals surface area contributed by atoms with E-state index in [1.807, 2.05) is 42.7 Å². The zero-order valence-corrected chi connectivity index (χ0v) is 13.3. The summed E-state index contributed by atoms with van der Waals surface area (Å²) in [5.41, 5.74) is 12.7. The molecule has 118 valence electrons. The van der Waals surface area contributed by atoms with Crippen LogP contribution in [0.1, 0.15) is 0 Å². The molecule has 0 fully saturated rings. The maximum absolute atomic E-state index is 5.64. The number of hydrogen-bond donors (Lipinski definition) is 1. The predicted octanol–water partition coefficient (Wildman–Crippen LogP) is 3.73. The summed E-state index contributed by atoms with van der Waals surface area (Å²) in [5, 5.41) is 0. The van der Waals surface area contributed by atoms with E-state index in [1.165, 1.54) is 0 Å². The Hall–Kier alpha value is -3.41. The summed E-state index contributed by atoms with van der Waals surface area (Å²) >= 11 is 0. The van der Waals surface area contributed by atoms with E-state index in [4.69, 9.17) is 10.2 Å². The number of oxazole rings is 1. The van der Waals surface area contributed by atoms with Gasteiger partial charge >= 0.3 is 143 Å². The molecule has 2 N–H and O–H groups in total. The number of fused-ring (bicyclic) bond motifs is 2. The van der Waals surface area contributed by atoms with Gasteiger partial charge < -0.3 is 0 Å². The maximum atomic E-state index is 5.64. The fourth-order valence-corrected chi connectivity index (χ4v) is 3.15. The summed E-state index contributed by atoms with van der Waals surface area (Å²) in [6, 6.07) is 14.3. The number of pyridine rings is 2. The Kier molecular flexibility index (Phi) is 2.97. The van der Waals surface area contributed by atoms with Crippen LogP contribution in [0.25, 0.3) is 38.9 Å². The Balaban J connectivity index is 1.68. The van der Waals surface area contributed by atoms with Crippen LogP contribution in [0, 0.1) is 0 Å². The number of anilines is 1. The molecular formula is C19H13BN4O. The standard InChI is InChI=1S/C19H13BN4O/c21-19-23-15-9-13(1-3-17(15)25-19)14-2-4-18-20-10-16(24(18)11-14)12-5-7-22-8-6-12/h1-11H,(H2,21,23). The van der Waals surface area contributed by atoms with E-state index in [0.717, 1.165) is 33.3 Å². The van der Waals surface area contributed by atoms with E-state index < -0.39 is 0 Å². The Morgan fingerprint density at radius 1 is 0.960 bits per heavy atom. The second-order valence-electron chi connectivity index (χ2n) is 5.90. The SMILES string of the molecule is Nc1nc2cc(-c3ccc4bcc(-c5ccncc5)n4c3)ccc2o1. The van der Waals surface area contributed by atoms with Gasteiger partial charge in [0, 0.05) is 0 Å². The Labute approximate surface area is 144 Å². The van der Waals surface area contributed by atoms with Crippen LogP contribution < -0.4 is 5.73 Å². The Morgan fingerprint density at radius 3 is 2.68 bits per heavy atom. The molecule has 0 unspecified atom stereocenters. The number of benzene rings is 1. The summed E-state index contributed by atoms with van der Waals surface area (Å²) in [6.07, 6.45) is 5.75. The number of nitrogens with zero attached hydrogens (tertiary/aromatic N) is 3. The van der Waals surface area contributed by atoms with Crippen molar-refractivity contribution in [1.82, 2.24) is 14.4 Å². The molecule has 4 heterocycles. The van der Waals surface area contributed by atoms with E-state index in [1.54, 1.807) is 0 Å². The second kappa shape index (κ2) is 5.31. The summed E-state index contributed by atoms with van der Waals surface area (Å²) in [5.74, 6) is 2.12. The molecule has 0 radical (unpaired) electrons. The number of nitrogens with two attached hydrogens (primary N) is 1. The van der Waals surface area contributed by atoms with Gasteiger partial charge in [-0.15, -0.1) is 0 Å². The Bertz CT molecular complexity index is 1210. The third kappa shape index (κ3) is 2.30. The van der Waals surface area contributed by atoms with Crippen molar-refractivity contribution < 1.29 is 4.42 Å². The van der Waals surface area contributed by atoms with Gasteiger partial charge in [0.25, 0.3) is 0 Å². The molecule has 1 aromatic carbocycles. The second-order valence-corrected chi connectivity index (χ2v) is 5.90. The van der Waals surface area contributed by atoms with Crippen LogP contribution in [-0.4, -0.2) is 21.3 Å². The third-order valence-corrected chi connectivity index (χ3v) is 4.37. The fourth-order valence-electron chi connectivity index (χ4n) is 3.15. The first-order valence-corrected chi connectivity index (χ1v) is 7.96. The topological polar surface area (TPSA) is 69.3 Å². The van der Waals surface area contributed by atoms with E-state index in [-0.39, 0.29) is 6.01 Å². The molecule has 0 bridgehead atoms. The molecule has 25 heavy (non-hydrogen) atoms. The summed E-state index contributed by atoms with van der Waals surface area (Å²) in [4.78, 5) is 8.31. The predicted molar refractivity (Wildman–Crippen MR) is 99.4 cm³/mol. The van der Waals surface area contributed by atoms with Gasteiger partial charge in [0.1, 0.15) is 0 Å². The van der Waals surface area contributed by atoms with Gasteiger partial charge in [0.2, 0.25) is 0 Å². The van der Waals surface area contributed by atoms with Gasteiger partial charge in [-0.3, -0.25) is 0 Å². The molecule has 0 aliphatic carbocycles. The van der Waals surface area contributed by atoms with Crippen molar-refractivity contribution in [2.24, 2.45) is 0 Å². The molecule has 0 saturated carbocycles. The number of nitrogen functional groups attached to an aromatic ring is 1. The molecular weight excluding hydrogens is 311 g/mol. The van der Waals surface area contributed by atoms with Gasteiger partial charge in [-0.25, -0.2) is 0 Å². The first-order valence-electron chi connectivity index (χ1n) is 7.96. The fraction of sp³-hybridized carbons (Fsp3) is 0. The van der Waals surface area contributed by atoms with Crippen LogP contribution in [0.2, 0.25) is 0 Å². The van der Waals surface area contributed by atoms with Gasteiger partial charge in [-0.2, -0.15) is 0 Å². The van der Waals surface area contributed by atoms with Crippen molar-refractivity contribution >= 4 is 29.4 Å². The van der Waals surface area contributed by atoms with E-state index in [9.17, 15) is 0 Å². The van der Waals surface area contributed by atoms with E-state index >= 15 is 0 Å². The number of aromatic nitrogens is 3. The van der Waals surface area contributed by atoms with Crippen LogP contribution in [0.3, 0.4) is 0 Å². The average Bonchev–Trinajstić information content (AvgIpc) is 3.23. The van der Waals surface area contributed by atoms with Gasteiger partial charge in [-0.1, -0.05) is 0 Å². The monoisotopic (exact) mass is 324 g/mol. The van der Waals surface area contributed by atoms with Crippen molar-refractivity contribution in [2.45, 2.75) is 0 Å². The quantitative estimate of drug-likeness (QED) is 0.537. The van der Waals surface area contributed by atoms with Crippen LogP contribution in [0.15, 0.2) is 71.4 Å². The number of hydrogen-bond acceptors (Lipinski definition) is 4. The van der Waals surface area contributed by atoms with Crippen molar-refractivity contribution in [3.05, 3.63) is 67.0 Å². The molecule has 0 aliphatic rings. The molecule has 0 atom stereocenters. The van der Waals surface area contributed by atoms with Gasteiger partial charge in [0.15, 0.2) is 0 Å². The molecule has 5 aromatic rings. The van der Waals surface area contributed by atoms with Crippen molar-refractivity contribution in [1.29, 1.82) is 0 Å². The molecule has 0 saturated heterocycles. The van der Waals surface area contributed by atoms with Crippen molar-refractivity contribution in [2.75, 3.05) is 5.73 Å². The first-order chi connectivity index (χ1) is 12.3. The van der Waals surface area contributed by atoms with Crippen LogP contribution in [0.4, 0.5) is 6.01 Å². The minimum atomic E-state index is 0.188. The van der Waals surface area contributed by atoms with Crippen molar-refractivity contribution in [3.63, 3.8) is 0 Å². The van der Waals surface area contributed by atoms with Crippen LogP contribution in [-0.2, 0) is 0 Å². The molecule has 5 rings (SSSR count). The third-order valence-electron chi connectivity index (χ3n) is 4.37. The van der Waals surface area contributed by atoms with E-state index in [2.05, 4.69) is 45.6 Å². The molecule has 5 nitrogen and oxygen atoms in total. The summed E-state index contributed by atoms with van der Waals surface area (Å²) in [6.45, 7) is 2.11. The summed E-state index contributed by atoms with van der Waals surface area (Å²) in [7, 11) is 0. The molecule has 0 amide bonds. The first kappa shape index (κ1) is 14.0. The molecule has 0 aliphatic heterocycles. The van der Waals surface area contributed by atoms with Crippen molar-refractivity contribution in [3.8, 4) is 22.4 Å². The normalized spacial score (nSPS) is 11.2. The zero-order valence-electron chi connectivity index (χ0n) is 13.3. The number of rotatable bonds is 2. The zero-order chi connectivity index (χ0) is 16.8. The van der Waals surface area contributed by atoms with Crippen LogP contribution in [0.5, 0.6) is 0 Å². The molecule has 0 spiro atoms. The van der Waals surface area contributed by atoms with E-state index in [0.29, 0.717) is 5.58 Å². The van der Waals surface area contributed by atoms with Crippen LogP contribution >= 0.6 is 0 Å². The molecule has 6 heteroatoms. The van der Waals surface area contributed by atoms with Gasteiger partial charge in [-0.05, 0) is 0 Å². The van der Waals surface area contributed by atoms with Gasteiger partial charge in [0.05, 0.1) is 0 Å². The minimum absolute atomic E-state index is 0.188. The average molecular weight is 324 g/mol.